The predicted molar refractivity (Wildman–Crippen MR) is 92.9 cm³/mol. The van der Waals surface area contributed by atoms with Crippen molar-refractivity contribution in [2.75, 3.05) is 0 Å². The molecule has 0 spiro atoms. The number of fused-ring (bicyclic) bond motifs is 1. The fraction of sp³-hybridized carbons (Fsp3) is 0.211. The Bertz CT molecular complexity index is 980. The van der Waals surface area contributed by atoms with Gasteiger partial charge < -0.3 is 14.3 Å². The molecule has 3 aromatic rings. The van der Waals surface area contributed by atoms with Gasteiger partial charge in [-0.1, -0.05) is 18.2 Å². The first kappa shape index (κ1) is 16.7. The van der Waals surface area contributed by atoms with Crippen molar-refractivity contribution in [3.05, 3.63) is 59.5 Å². The van der Waals surface area contributed by atoms with Gasteiger partial charge in [-0.2, -0.15) is 0 Å². The number of aromatic nitrogens is 2. The Kier molecular flexibility index (Phi) is 4.27. The molecule has 25 heavy (non-hydrogen) atoms. The van der Waals surface area contributed by atoms with Crippen molar-refractivity contribution in [2.45, 2.75) is 20.0 Å². The largest absolute Gasteiger partial charge is 0.450 e. The number of rotatable bonds is 5. The zero-order valence-electron chi connectivity index (χ0n) is 14.2. The molecule has 0 fully saturated rings. The van der Waals surface area contributed by atoms with Gasteiger partial charge in [-0.3, -0.25) is 9.59 Å². The number of esters is 1. The maximum absolute atomic E-state index is 12.6. The van der Waals surface area contributed by atoms with Crippen LogP contribution >= 0.6 is 0 Å². The number of hydrogen-bond donors (Lipinski definition) is 1. The molecule has 1 N–H and O–H groups in total. The van der Waals surface area contributed by atoms with E-state index in [1.54, 1.807) is 19.4 Å². The molecule has 0 unspecified atom stereocenters. The fourth-order valence-corrected chi connectivity index (χ4v) is 2.73. The van der Waals surface area contributed by atoms with Crippen LogP contribution in [0.5, 0.6) is 0 Å². The van der Waals surface area contributed by atoms with Gasteiger partial charge in [0.2, 0.25) is 5.78 Å². The number of H-pyrrole nitrogens is 1. The summed E-state index contributed by atoms with van der Waals surface area (Å²) in [7, 11) is 1.65. The quantitative estimate of drug-likeness (QED) is 0.572. The van der Waals surface area contributed by atoms with E-state index in [1.807, 2.05) is 24.3 Å². The lowest BCUT2D eigenvalue weighted by molar-refractivity contribution is 0.0310. The number of aromatic amines is 1. The normalized spacial score (nSPS) is 12.1. The first-order valence-electron chi connectivity index (χ1n) is 7.87. The van der Waals surface area contributed by atoms with Crippen molar-refractivity contribution in [3.63, 3.8) is 0 Å². The zero-order chi connectivity index (χ0) is 18.1. The van der Waals surface area contributed by atoms with E-state index in [0.717, 1.165) is 10.9 Å². The standard InChI is InChI=1S/C19H18N2O4/c1-11(22)13-8-17(21(3)10-13)19(24)25-12(2)18(23)15-9-20-16-7-5-4-6-14(15)16/h4-10,12,20H,1-3H3/t12-/m0/s1. The number of nitrogens with one attached hydrogen (secondary N) is 1. The highest BCUT2D eigenvalue weighted by Crippen LogP contribution is 2.20. The predicted octanol–water partition coefficient (Wildman–Crippen LogP) is 3.14. The molecule has 3 rings (SSSR count). The molecule has 0 saturated heterocycles. The molecule has 6 nitrogen and oxygen atoms in total. The molecule has 1 atom stereocenters. The van der Waals surface area contributed by atoms with Gasteiger partial charge in [0.25, 0.3) is 0 Å². The molecule has 2 aromatic heterocycles. The topological polar surface area (TPSA) is 81.2 Å². The second-order valence-corrected chi connectivity index (χ2v) is 5.94. The second-order valence-electron chi connectivity index (χ2n) is 5.94. The zero-order valence-corrected chi connectivity index (χ0v) is 14.2. The van der Waals surface area contributed by atoms with Gasteiger partial charge in [0.05, 0.1) is 0 Å². The first-order valence-corrected chi connectivity index (χ1v) is 7.87. The number of benzene rings is 1. The lowest BCUT2D eigenvalue weighted by Gasteiger charge is -2.12. The Morgan fingerprint density at radius 2 is 1.92 bits per heavy atom. The molecular weight excluding hydrogens is 320 g/mol. The minimum atomic E-state index is -0.942. The Morgan fingerprint density at radius 3 is 2.60 bits per heavy atom. The van der Waals surface area contributed by atoms with Crippen LogP contribution in [-0.2, 0) is 11.8 Å². The van der Waals surface area contributed by atoms with Crippen molar-refractivity contribution in [1.82, 2.24) is 9.55 Å². The van der Waals surface area contributed by atoms with E-state index < -0.39 is 12.1 Å². The molecule has 0 amide bonds. The Labute approximate surface area is 144 Å². The van der Waals surface area contributed by atoms with E-state index in [0.29, 0.717) is 11.1 Å². The van der Waals surface area contributed by atoms with Crippen LogP contribution in [0, 0.1) is 0 Å². The van der Waals surface area contributed by atoms with Gasteiger partial charge in [0.1, 0.15) is 5.69 Å². The summed E-state index contributed by atoms with van der Waals surface area (Å²) in [5.41, 5.74) is 1.97. The summed E-state index contributed by atoms with van der Waals surface area (Å²) in [5, 5.41) is 0.785. The monoisotopic (exact) mass is 338 g/mol. The number of ketones is 2. The molecule has 0 aliphatic rings. The summed E-state index contributed by atoms with van der Waals surface area (Å²) in [6, 6.07) is 8.89. The summed E-state index contributed by atoms with van der Waals surface area (Å²) in [6.07, 6.45) is 2.24. The number of carbonyl (C=O) groups excluding carboxylic acids is 3. The maximum atomic E-state index is 12.6. The molecule has 0 aliphatic heterocycles. The molecule has 0 saturated carbocycles. The van der Waals surface area contributed by atoms with E-state index in [4.69, 9.17) is 4.74 Å². The van der Waals surface area contributed by atoms with Gasteiger partial charge in [-0.25, -0.2) is 4.79 Å². The highest BCUT2D eigenvalue weighted by Gasteiger charge is 2.24. The number of para-hydroxylation sites is 1. The number of carbonyl (C=O) groups is 3. The van der Waals surface area contributed by atoms with E-state index in [-0.39, 0.29) is 17.3 Å². The van der Waals surface area contributed by atoms with Crippen molar-refractivity contribution in [3.8, 4) is 0 Å². The third kappa shape index (κ3) is 3.10. The molecule has 2 heterocycles. The summed E-state index contributed by atoms with van der Waals surface area (Å²) in [5.74, 6) is -1.07. The number of aryl methyl sites for hydroxylation is 1. The van der Waals surface area contributed by atoms with Gasteiger partial charge in [0.15, 0.2) is 11.9 Å². The molecule has 6 heteroatoms. The lowest BCUT2D eigenvalue weighted by Crippen LogP contribution is -2.25. The van der Waals surface area contributed by atoms with Crippen molar-refractivity contribution in [1.29, 1.82) is 0 Å². The second kappa shape index (κ2) is 6.39. The average molecular weight is 338 g/mol. The van der Waals surface area contributed by atoms with Crippen LogP contribution in [0.2, 0.25) is 0 Å². The summed E-state index contributed by atoms with van der Waals surface area (Å²) < 4.78 is 6.83. The van der Waals surface area contributed by atoms with Crippen LogP contribution in [0.3, 0.4) is 0 Å². The van der Waals surface area contributed by atoms with Gasteiger partial charge >= 0.3 is 5.97 Å². The highest BCUT2D eigenvalue weighted by atomic mass is 16.5. The van der Waals surface area contributed by atoms with Gasteiger partial charge in [-0.05, 0) is 26.0 Å². The summed E-state index contributed by atoms with van der Waals surface area (Å²) >= 11 is 0. The van der Waals surface area contributed by atoms with Gasteiger partial charge in [0, 0.05) is 41.5 Å². The van der Waals surface area contributed by atoms with Crippen LogP contribution in [-0.4, -0.2) is 33.2 Å². The third-order valence-corrected chi connectivity index (χ3v) is 4.13. The van der Waals surface area contributed by atoms with E-state index in [9.17, 15) is 14.4 Å². The molecule has 0 bridgehead atoms. The molecule has 0 radical (unpaired) electrons. The van der Waals surface area contributed by atoms with Crippen LogP contribution < -0.4 is 0 Å². The highest BCUT2D eigenvalue weighted by molar-refractivity contribution is 6.10. The first-order chi connectivity index (χ1) is 11.9. The van der Waals surface area contributed by atoms with Crippen molar-refractivity contribution < 1.29 is 19.1 Å². The van der Waals surface area contributed by atoms with Crippen LogP contribution in [0.4, 0.5) is 0 Å². The number of Topliss-reactive ketones (excluding diaryl/α,β-unsaturated/α-hetero) is 2. The Balaban J connectivity index is 1.79. The average Bonchev–Trinajstić information content (AvgIpc) is 3.17. The fourth-order valence-electron chi connectivity index (χ4n) is 2.73. The molecule has 0 aliphatic carbocycles. The Morgan fingerprint density at radius 1 is 1.20 bits per heavy atom. The number of hydrogen-bond acceptors (Lipinski definition) is 4. The van der Waals surface area contributed by atoms with Crippen LogP contribution in [0.1, 0.15) is 45.1 Å². The van der Waals surface area contributed by atoms with Gasteiger partial charge in [-0.15, -0.1) is 0 Å². The van der Waals surface area contributed by atoms with Crippen molar-refractivity contribution >= 4 is 28.4 Å². The Hall–Kier alpha value is -3.15. The molecule has 128 valence electrons. The lowest BCUT2D eigenvalue weighted by atomic mass is 10.1. The summed E-state index contributed by atoms with van der Waals surface area (Å²) in [6.45, 7) is 2.96. The van der Waals surface area contributed by atoms with Crippen LogP contribution in [0.25, 0.3) is 10.9 Å². The van der Waals surface area contributed by atoms with E-state index in [1.165, 1.54) is 24.5 Å². The number of nitrogens with zero attached hydrogens (tertiary/aromatic N) is 1. The van der Waals surface area contributed by atoms with E-state index >= 15 is 0 Å². The molecular formula is C19H18N2O4. The van der Waals surface area contributed by atoms with E-state index in [2.05, 4.69) is 4.98 Å². The molecule has 1 aromatic carbocycles. The van der Waals surface area contributed by atoms with Crippen molar-refractivity contribution in [2.24, 2.45) is 7.05 Å². The minimum Gasteiger partial charge on any atom is -0.450 e. The van der Waals surface area contributed by atoms with Crippen LogP contribution in [0.15, 0.2) is 42.7 Å². The summed E-state index contributed by atoms with van der Waals surface area (Å²) in [4.78, 5) is 39.4. The SMILES string of the molecule is CC(=O)c1cc(C(=O)O[C@@H](C)C(=O)c2c[nH]c3ccccc23)n(C)c1. The smallest absolute Gasteiger partial charge is 0.355 e. The third-order valence-electron chi connectivity index (χ3n) is 4.13. The maximum Gasteiger partial charge on any atom is 0.355 e. The minimum absolute atomic E-state index is 0.141. The number of ether oxygens (including phenoxy) is 1.